The van der Waals surface area contributed by atoms with Gasteiger partial charge in [0, 0.05) is 6.61 Å². The van der Waals surface area contributed by atoms with Gasteiger partial charge in [0.2, 0.25) is 0 Å². The highest BCUT2D eigenvalue weighted by Crippen LogP contribution is 2.15. The molecule has 0 bridgehead atoms. The van der Waals surface area contributed by atoms with E-state index in [1.54, 1.807) is 0 Å². The van der Waals surface area contributed by atoms with E-state index in [1.165, 1.54) is 11.1 Å². The SMILES string of the molecule is Cc1ccc(C(N)COCCC(C)C)cc1C. The molecule has 0 saturated heterocycles. The Morgan fingerprint density at radius 3 is 2.47 bits per heavy atom. The van der Waals surface area contributed by atoms with Crippen LogP contribution in [0.3, 0.4) is 0 Å². The first-order valence-electron chi connectivity index (χ1n) is 6.41. The van der Waals surface area contributed by atoms with Gasteiger partial charge in [0.25, 0.3) is 0 Å². The van der Waals surface area contributed by atoms with Crippen LogP contribution >= 0.6 is 0 Å². The van der Waals surface area contributed by atoms with Gasteiger partial charge in [-0.15, -0.1) is 0 Å². The summed E-state index contributed by atoms with van der Waals surface area (Å²) in [7, 11) is 0. The van der Waals surface area contributed by atoms with E-state index >= 15 is 0 Å². The second-order valence-corrected chi connectivity index (χ2v) is 5.21. The van der Waals surface area contributed by atoms with Crippen LogP contribution in [0.2, 0.25) is 0 Å². The number of hydrogen-bond donors (Lipinski definition) is 1. The van der Waals surface area contributed by atoms with E-state index < -0.39 is 0 Å². The molecular formula is C15H25NO. The molecule has 0 saturated carbocycles. The smallest absolute Gasteiger partial charge is 0.0659 e. The fourth-order valence-electron chi connectivity index (χ4n) is 1.62. The van der Waals surface area contributed by atoms with Gasteiger partial charge in [0.15, 0.2) is 0 Å². The fraction of sp³-hybridized carbons (Fsp3) is 0.600. The van der Waals surface area contributed by atoms with Gasteiger partial charge in [-0.1, -0.05) is 32.0 Å². The quantitative estimate of drug-likeness (QED) is 0.767. The summed E-state index contributed by atoms with van der Waals surface area (Å²) in [6, 6.07) is 6.37. The molecule has 0 spiro atoms. The van der Waals surface area contributed by atoms with Gasteiger partial charge in [-0.3, -0.25) is 0 Å². The zero-order valence-corrected chi connectivity index (χ0v) is 11.5. The van der Waals surface area contributed by atoms with Crippen molar-refractivity contribution in [3.8, 4) is 0 Å². The molecule has 1 atom stereocenters. The molecule has 2 N–H and O–H groups in total. The van der Waals surface area contributed by atoms with Crippen molar-refractivity contribution in [3.63, 3.8) is 0 Å². The van der Waals surface area contributed by atoms with E-state index in [4.69, 9.17) is 10.5 Å². The Balaban J connectivity index is 2.41. The summed E-state index contributed by atoms with van der Waals surface area (Å²) < 4.78 is 5.61. The molecule has 96 valence electrons. The Morgan fingerprint density at radius 2 is 1.88 bits per heavy atom. The average Bonchev–Trinajstić information content (AvgIpc) is 2.27. The Morgan fingerprint density at radius 1 is 1.18 bits per heavy atom. The van der Waals surface area contributed by atoms with Crippen LogP contribution in [0.1, 0.15) is 43.0 Å². The summed E-state index contributed by atoms with van der Waals surface area (Å²) in [4.78, 5) is 0. The molecule has 1 aromatic rings. The lowest BCUT2D eigenvalue weighted by molar-refractivity contribution is 0.111. The van der Waals surface area contributed by atoms with E-state index in [-0.39, 0.29) is 6.04 Å². The van der Waals surface area contributed by atoms with Gasteiger partial charge in [0.1, 0.15) is 0 Å². The van der Waals surface area contributed by atoms with Crippen LogP contribution in [0.25, 0.3) is 0 Å². The molecule has 0 aliphatic rings. The molecule has 1 unspecified atom stereocenters. The highest BCUT2D eigenvalue weighted by atomic mass is 16.5. The molecule has 1 aromatic carbocycles. The lowest BCUT2D eigenvalue weighted by Crippen LogP contribution is -2.18. The molecule has 0 heterocycles. The van der Waals surface area contributed by atoms with Gasteiger partial charge < -0.3 is 10.5 Å². The third-order valence-electron chi connectivity index (χ3n) is 3.10. The molecule has 0 radical (unpaired) electrons. The van der Waals surface area contributed by atoms with Crippen molar-refractivity contribution in [2.45, 2.75) is 40.2 Å². The number of ether oxygens (including phenoxy) is 1. The van der Waals surface area contributed by atoms with Crippen molar-refractivity contribution in [2.75, 3.05) is 13.2 Å². The highest BCUT2D eigenvalue weighted by Gasteiger charge is 2.07. The molecule has 1 rings (SSSR count). The molecule has 0 fully saturated rings. The molecule has 17 heavy (non-hydrogen) atoms. The lowest BCUT2D eigenvalue weighted by Gasteiger charge is -2.14. The molecular weight excluding hydrogens is 210 g/mol. The number of rotatable bonds is 6. The predicted octanol–water partition coefficient (Wildman–Crippen LogP) is 3.37. The van der Waals surface area contributed by atoms with Crippen molar-refractivity contribution in [1.82, 2.24) is 0 Å². The predicted molar refractivity (Wildman–Crippen MR) is 73.1 cm³/mol. The molecule has 2 heteroatoms. The van der Waals surface area contributed by atoms with Crippen LogP contribution in [0.5, 0.6) is 0 Å². The average molecular weight is 235 g/mol. The minimum atomic E-state index is -0.0125. The van der Waals surface area contributed by atoms with Gasteiger partial charge in [-0.2, -0.15) is 0 Å². The van der Waals surface area contributed by atoms with Crippen LogP contribution in [0.15, 0.2) is 18.2 Å². The standard InChI is InChI=1S/C15H25NO/c1-11(2)7-8-17-10-15(16)14-6-5-12(3)13(4)9-14/h5-6,9,11,15H,7-8,10,16H2,1-4H3. The van der Waals surface area contributed by atoms with E-state index in [0.29, 0.717) is 12.5 Å². The first-order valence-corrected chi connectivity index (χ1v) is 6.41. The first-order chi connectivity index (χ1) is 8.00. The normalized spacial score (nSPS) is 13.1. The maximum Gasteiger partial charge on any atom is 0.0659 e. The van der Waals surface area contributed by atoms with Crippen molar-refractivity contribution in [1.29, 1.82) is 0 Å². The zero-order valence-electron chi connectivity index (χ0n) is 11.5. The van der Waals surface area contributed by atoms with Crippen LogP contribution in [0.4, 0.5) is 0 Å². The van der Waals surface area contributed by atoms with E-state index in [2.05, 4.69) is 45.9 Å². The number of hydrogen-bond acceptors (Lipinski definition) is 2. The van der Waals surface area contributed by atoms with Crippen molar-refractivity contribution in [3.05, 3.63) is 34.9 Å². The molecule has 0 aliphatic heterocycles. The molecule has 2 nitrogen and oxygen atoms in total. The van der Waals surface area contributed by atoms with Crippen LogP contribution in [-0.4, -0.2) is 13.2 Å². The van der Waals surface area contributed by atoms with Crippen molar-refractivity contribution < 1.29 is 4.74 Å². The van der Waals surface area contributed by atoms with Gasteiger partial charge in [-0.25, -0.2) is 0 Å². The Labute approximate surface area is 105 Å². The lowest BCUT2D eigenvalue weighted by atomic mass is 10.0. The van der Waals surface area contributed by atoms with Crippen LogP contribution in [-0.2, 0) is 4.74 Å². The van der Waals surface area contributed by atoms with Crippen molar-refractivity contribution in [2.24, 2.45) is 11.7 Å². The summed E-state index contributed by atoms with van der Waals surface area (Å²) in [6.07, 6.45) is 1.10. The first kappa shape index (κ1) is 14.2. The maximum absolute atomic E-state index is 6.11. The van der Waals surface area contributed by atoms with E-state index in [0.717, 1.165) is 18.6 Å². The summed E-state index contributed by atoms with van der Waals surface area (Å²) >= 11 is 0. The van der Waals surface area contributed by atoms with E-state index in [9.17, 15) is 0 Å². The topological polar surface area (TPSA) is 35.2 Å². The number of aryl methyl sites for hydroxylation is 2. The van der Waals surface area contributed by atoms with Crippen LogP contribution < -0.4 is 5.73 Å². The highest BCUT2D eigenvalue weighted by molar-refractivity contribution is 5.31. The Bertz CT molecular complexity index is 347. The second kappa shape index (κ2) is 6.77. The Kier molecular flexibility index (Phi) is 5.66. The number of nitrogens with two attached hydrogens (primary N) is 1. The fourth-order valence-corrected chi connectivity index (χ4v) is 1.62. The summed E-state index contributed by atoms with van der Waals surface area (Å²) in [5, 5.41) is 0. The second-order valence-electron chi connectivity index (χ2n) is 5.21. The van der Waals surface area contributed by atoms with Crippen LogP contribution in [0, 0.1) is 19.8 Å². The van der Waals surface area contributed by atoms with Gasteiger partial charge >= 0.3 is 0 Å². The monoisotopic (exact) mass is 235 g/mol. The molecule has 0 aromatic heterocycles. The summed E-state index contributed by atoms with van der Waals surface area (Å²) in [5.41, 5.74) is 9.87. The summed E-state index contributed by atoms with van der Waals surface area (Å²) in [5.74, 6) is 0.688. The van der Waals surface area contributed by atoms with Crippen molar-refractivity contribution >= 4 is 0 Å². The minimum absolute atomic E-state index is 0.0125. The molecule has 0 amide bonds. The third kappa shape index (κ3) is 4.88. The third-order valence-corrected chi connectivity index (χ3v) is 3.10. The zero-order chi connectivity index (χ0) is 12.8. The van der Waals surface area contributed by atoms with E-state index in [1.807, 2.05) is 0 Å². The number of benzene rings is 1. The minimum Gasteiger partial charge on any atom is -0.379 e. The molecule has 0 aliphatic carbocycles. The summed E-state index contributed by atoms with van der Waals surface area (Å²) in [6.45, 7) is 10.0. The largest absolute Gasteiger partial charge is 0.379 e. The van der Waals surface area contributed by atoms with Gasteiger partial charge in [0.05, 0.1) is 12.6 Å². The van der Waals surface area contributed by atoms with Gasteiger partial charge in [-0.05, 0) is 42.9 Å². The Hall–Kier alpha value is -0.860. The maximum atomic E-state index is 6.11.